The fraction of sp³-hybridized carbons (Fsp3) is 0.150. The number of nitrogens with zero attached hydrogens (tertiary/aromatic N) is 1. The van der Waals surface area contributed by atoms with Gasteiger partial charge in [0.2, 0.25) is 0 Å². The van der Waals surface area contributed by atoms with Crippen LogP contribution >= 0.6 is 0 Å². The van der Waals surface area contributed by atoms with Gasteiger partial charge < -0.3 is 15.4 Å². The molecule has 26 heavy (non-hydrogen) atoms. The first kappa shape index (κ1) is 17.4. The summed E-state index contributed by atoms with van der Waals surface area (Å²) in [4.78, 5) is 23.8. The van der Waals surface area contributed by atoms with E-state index in [4.69, 9.17) is 16.2 Å². The zero-order valence-corrected chi connectivity index (χ0v) is 14.3. The van der Waals surface area contributed by atoms with Crippen LogP contribution in [0.1, 0.15) is 38.3 Å². The number of aryl methyl sites for hydroxylation is 2. The number of fused-ring (bicyclic) bond motifs is 1. The predicted octanol–water partition coefficient (Wildman–Crippen LogP) is 2.98. The third-order valence-corrected chi connectivity index (χ3v) is 4.44. The Morgan fingerprint density at radius 1 is 1.12 bits per heavy atom. The molecule has 0 saturated carbocycles. The standard InChI is InChI=1S/C20H19N3O3/c1-23-11-16(15-8-7-14(20(25)26)10-17(15)23)18(24)9-4-12-2-5-13(6-3-12)19(21)22/h2-3,5-8,10-11H,4,9H2,1H3,(H3,21,22)(H,25,26). The van der Waals surface area contributed by atoms with Gasteiger partial charge in [-0.15, -0.1) is 0 Å². The van der Waals surface area contributed by atoms with Crippen molar-refractivity contribution in [1.82, 2.24) is 4.57 Å². The number of hydrogen-bond acceptors (Lipinski definition) is 3. The lowest BCUT2D eigenvalue weighted by atomic mass is 10.0. The van der Waals surface area contributed by atoms with Crippen molar-refractivity contribution in [3.63, 3.8) is 0 Å². The molecule has 0 aliphatic heterocycles. The minimum Gasteiger partial charge on any atom is -0.478 e. The van der Waals surface area contributed by atoms with Gasteiger partial charge in [-0.3, -0.25) is 10.2 Å². The predicted molar refractivity (Wildman–Crippen MR) is 100.0 cm³/mol. The second kappa shape index (κ2) is 6.84. The van der Waals surface area contributed by atoms with E-state index >= 15 is 0 Å². The number of amidine groups is 1. The summed E-state index contributed by atoms with van der Waals surface area (Å²) in [5.41, 5.74) is 8.61. The molecule has 0 saturated heterocycles. The van der Waals surface area contributed by atoms with Gasteiger partial charge in [-0.05, 0) is 24.1 Å². The first-order chi connectivity index (χ1) is 12.4. The van der Waals surface area contributed by atoms with E-state index in [0.29, 0.717) is 24.0 Å². The van der Waals surface area contributed by atoms with Crippen molar-refractivity contribution in [3.05, 3.63) is 70.9 Å². The monoisotopic (exact) mass is 349 g/mol. The van der Waals surface area contributed by atoms with Crippen LogP contribution in [0.5, 0.6) is 0 Å². The minimum atomic E-state index is -0.991. The highest BCUT2D eigenvalue weighted by molar-refractivity contribution is 6.09. The van der Waals surface area contributed by atoms with E-state index < -0.39 is 5.97 Å². The zero-order chi connectivity index (χ0) is 18.8. The van der Waals surface area contributed by atoms with Crippen molar-refractivity contribution in [2.45, 2.75) is 12.8 Å². The van der Waals surface area contributed by atoms with Gasteiger partial charge in [-0.1, -0.05) is 30.3 Å². The quantitative estimate of drug-likeness (QED) is 0.361. The van der Waals surface area contributed by atoms with Gasteiger partial charge in [-0.2, -0.15) is 0 Å². The average molecular weight is 349 g/mol. The van der Waals surface area contributed by atoms with Crippen molar-refractivity contribution in [3.8, 4) is 0 Å². The van der Waals surface area contributed by atoms with Crippen LogP contribution < -0.4 is 5.73 Å². The SMILES string of the molecule is Cn1cc(C(=O)CCc2ccc(C(=N)N)cc2)c2ccc(C(=O)O)cc21. The van der Waals surface area contributed by atoms with Crippen molar-refractivity contribution < 1.29 is 14.7 Å². The Kier molecular flexibility index (Phi) is 4.58. The Morgan fingerprint density at radius 2 is 1.77 bits per heavy atom. The molecule has 0 radical (unpaired) electrons. The number of carbonyl (C=O) groups is 2. The zero-order valence-electron chi connectivity index (χ0n) is 14.3. The lowest BCUT2D eigenvalue weighted by Gasteiger charge is -2.03. The summed E-state index contributed by atoms with van der Waals surface area (Å²) in [7, 11) is 1.80. The molecular formula is C20H19N3O3. The topological polar surface area (TPSA) is 109 Å². The maximum atomic E-state index is 12.7. The molecule has 1 heterocycles. The first-order valence-corrected chi connectivity index (χ1v) is 8.15. The molecule has 132 valence electrons. The smallest absolute Gasteiger partial charge is 0.335 e. The Hall–Kier alpha value is -3.41. The number of aromatic nitrogens is 1. The van der Waals surface area contributed by atoms with Crippen LogP contribution in [-0.4, -0.2) is 27.3 Å². The van der Waals surface area contributed by atoms with Gasteiger partial charge in [0.15, 0.2) is 5.78 Å². The van der Waals surface area contributed by atoms with Gasteiger partial charge in [0.25, 0.3) is 0 Å². The number of carbonyl (C=O) groups excluding carboxylic acids is 1. The number of ketones is 1. The normalized spacial score (nSPS) is 10.8. The lowest BCUT2D eigenvalue weighted by Crippen LogP contribution is -2.10. The maximum absolute atomic E-state index is 12.7. The van der Waals surface area contributed by atoms with Crippen LogP contribution in [0.2, 0.25) is 0 Å². The number of carboxylic acids is 1. The molecule has 1 aromatic heterocycles. The lowest BCUT2D eigenvalue weighted by molar-refractivity contribution is 0.0697. The molecule has 0 bridgehead atoms. The average Bonchev–Trinajstić information content (AvgIpc) is 2.96. The Bertz CT molecular complexity index is 1020. The van der Waals surface area contributed by atoms with Gasteiger partial charge >= 0.3 is 5.97 Å². The molecule has 0 fully saturated rings. The number of aromatic carboxylic acids is 1. The van der Waals surface area contributed by atoms with Gasteiger partial charge in [0.05, 0.1) is 5.56 Å². The fourth-order valence-corrected chi connectivity index (χ4v) is 2.98. The Labute approximate surface area is 150 Å². The summed E-state index contributed by atoms with van der Waals surface area (Å²) in [6, 6.07) is 12.1. The number of nitrogen functional groups attached to an aromatic ring is 1. The van der Waals surface area contributed by atoms with Crippen molar-refractivity contribution in [1.29, 1.82) is 5.41 Å². The molecule has 3 rings (SSSR count). The van der Waals surface area contributed by atoms with E-state index in [-0.39, 0.29) is 17.2 Å². The summed E-state index contributed by atoms with van der Waals surface area (Å²) in [6.07, 6.45) is 2.68. The number of rotatable bonds is 6. The summed E-state index contributed by atoms with van der Waals surface area (Å²) in [5.74, 6) is -0.964. The van der Waals surface area contributed by atoms with Gasteiger partial charge in [0, 0.05) is 41.7 Å². The van der Waals surface area contributed by atoms with Crippen molar-refractivity contribution >= 4 is 28.5 Å². The summed E-state index contributed by atoms with van der Waals surface area (Å²) in [6.45, 7) is 0. The molecule has 4 N–H and O–H groups in total. The number of benzene rings is 2. The molecule has 2 aromatic carbocycles. The minimum absolute atomic E-state index is 0.00863. The molecular weight excluding hydrogens is 330 g/mol. The number of nitrogens with one attached hydrogen (secondary N) is 1. The van der Waals surface area contributed by atoms with E-state index in [1.54, 1.807) is 42.1 Å². The summed E-state index contributed by atoms with van der Waals surface area (Å²) in [5, 5.41) is 17.3. The summed E-state index contributed by atoms with van der Waals surface area (Å²) >= 11 is 0. The molecule has 0 spiro atoms. The van der Waals surface area contributed by atoms with Crippen LogP contribution in [0.15, 0.2) is 48.7 Å². The molecule has 6 heteroatoms. The van der Waals surface area contributed by atoms with E-state index in [9.17, 15) is 9.59 Å². The third-order valence-electron chi connectivity index (χ3n) is 4.44. The van der Waals surface area contributed by atoms with E-state index in [2.05, 4.69) is 0 Å². The molecule has 0 atom stereocenters. The number of nitrogens with two attached hydrogens (primary N) is 1. The van der Waals surface area contributed by atoms with Gasteiger partial charge in [-0.25, -0.2) is 4.79 Å². The first-order valence-electron chi connectivity index (χ1n) is 8.15. The van der Waals surface area contributed by atoms with E-state index in [0.717, 1.165) is 16.5 Å². The molecule has 3 aromatic rings. The van der Waals surface area contributed by atoms with Crippen LogP contribution in [-0.2, 0) is 13.5 Å². The highest BCUT2D eigenvalue weighted by atomic mass is 16.4. The Balaban J connectivity index is 1.79. The highest BCUT2D eigenvalue weighted by Crippen LogP contribution is 2.24. The van der Waals surface area contributed by atoms with Gasteiger partial charge in [0.1, 0.15) is 5.84 Å². The molecule has 0 aliphatic rings. The third kappa shape index (κ3) is 3.35. The fourth-order valence-electron chi connectivity index (χ4n) is 2.98. The number of carboxylic acid groups (broad SMARTS) is 1. The molecule has 0 unspecified atom stereocenters. The maximum Gasteiger partial charge on any atom is 0.335 e. The number of Topliss-reactive ketones (excluding diaryl/α,β-unsaturated/α-hetero) is 1. The van der Waals surface area contributed by atoms with Crippen LogP contribution in [0, 0.1) is 5.41 Å². The highest BCUT2D eigenvalue weighted by Gasteiger charge is 2.15. The van der Waals surface area contributed by atoms with Crippen molar-refractivity contribution in [2.75, 3.05) is 0 Å². The number of hydrogen-bond donors (Lipinski definition) is 3. The van der Waals surface area contributed by atoms with E-state index in [1.807, 2.05) is 12.1 Å². The van der Waals surface area contributed by atoms with Crippen LogP contribution in [0.4, 0.5) is 0 Å². The molecule has 0 aliphatic carbocycles. The molecule has 6 nitrogen and oxygen atoms in total. The van der Waals surface area contributed by atoms with Crippen LogP contribution in [0.3, 0.4) is 0 Å². The largest absolute Gasteiger partial charge is 0.478 e. The van der Waals surface area contributed by atoms with E-state index in [1.165, 1.54) is 6.07 Å². The Morgan fingerprint density at radius 3 is 2.38 bits per heavy atom. The second-order valence-electron chi connectivity index (χ2n) is 6.22. The van der Waals surface area contributed by atoms with Crippen LogP contribution in [0.25, 0.3) is 10.9 Å². The molecule has 0 amide bonds. The second-order valence-corrected chi connectivity index (χ2v) is 6.22. The summed E-state index contributed by atoms with van der Waals surface area (Å²) < 4.78 is 1.77. The van der Waals surface area contributed by atoms with Crippen molar-refractivity contribution in [2.24, 2.45) is 12.8 Å².